The first kappa shape index (κ1) is 19.4. The second-order valence-corrected chi connectivity index (χ2v) is 6.63. The van der Waals surface area contributed by atoms with Crippen LogP contribution in [0.1, 0.15) is 43.5 Å². The number of aryl methyl sites for hydroxylation is 1. The molecule has 26 heavy (non-hydrogen) atoms. The van der Waals surface area contributed by atoms with Gasteiger partial charge in [0.1, 0.15) is 12.2 Å². The molecule has 2 amide bonds. The Kier molecular flexibility index (Phi) is 6.33. The third kappa shape index (κ3) is 5.05. The molecular formula is C20H25N3O3. The zero-order valence-electron chi connectivity index (χ0n) is 15.6. The van der Waals surface area contributed by atoms with E-state index in [1.807, 2.05) is 12.1 Å². The fourth-order valence-corrected chi connectivity index (χ4v) is 2.57. The van der Waals surface area contributed by atoms with E-state index in [0.29, 0.717) is 18.2 Å². The summed E-state index contributed by atoms with van der Waals surface area (Å²) in [6.07, 6.45) is 0. The summed E-state index contributed by atoms with van der Waals surface area (Å²) < 4.78 is 1.35. The second kappa shape index (κ2) is 8.47. The van der Waals surface area contributed by atoms with Crippen LogP contribution in [0.15, 0.2) is 41.2 Å². The van der Waals surface area contributed by atoms with Crippen LogP contribution in [0.5, 0.6) is 0 Å². The maximum atomic E-state index is 12.4. The van der Waals surface area contributed by atoms with Gasteiger partial charge in [0.15, 0.2) is 0 Å². The number of carbonyl (C=O) groups is 2. The first-order chi connectivity index (χ1) is 12.3. The zero-order chi connectivity index (χ0) is 19.3. The van der Waals surface area contributed by atoms with Crippen molar-refractivity contribution in [2.24, 2.45) is 0 Å². The molecule has 0 aliphatic heterocycles. The molecule has 6 nitrogen and oxygen atoms in total. The number of hydrogen-bond donors (Lipinski definition) is 2. The van der Waals surface area contributed by atoms with E-state index < -0.39 is 5.56 Å². The minimum Gasteiger partial charge on any atom is -0.350 e. The number of pyridine rings is 1. The van der Waals surface area contributed by atoms with Gasteiger partial charge in [0.05, 0.1) is 0 Å². The van der Waals surface area contributed by atoms with Gasteiger partial charge in [0, 0.05) is 19.2 Å². The first-order valence-corrected chi connectivity index (χ1v) is 8.61. The lowest BCUT2D eigenvalue weighted by Crippen LogP contribution is -2.34. The molecule has 0 atom stereocenters. The molecule has 0 aliphatic carbocycles. The smallest absolute Gasteiger partial charge is 0.274 e. The molecule has 2 rings (SSSR count). The van der Waals surface area contributed by atoms with Gasteiger partial charge in [0.25, 0.3) is 5.56 Å². The van der Waals surface area contributed by atoms with Crippen molar-refractivity contribution >= 4 is 17.5 Å². The summed E-state index contributed by atoms with van der Waals surface area (Å²) in [7, 11) is 0. The summed E-state index contributed by atoms with van der Waals surface area (Å²) in [5.74, 6) is -0.126. The van der Waals surface area contributed by atoms with Crippen LogP contribution < -0.4 is 16.2 Å². The van der Waals surface area contributed by atoms with Gasteiger partial charge in [-0.15, -0.1) is 0 Å². The number of aromatic nitrogens is 1. The molecule has 1 aromatic heterocycles. The van der Waals surface area contributed by atoms with E-state index in [-0.39, 0.29) is 24.0 Å². The molecule has 2 N–H and O–H groups in total. The average Bonchev–Trinajstić information content (AvgIpc) is 2.59. The summed E-state index contributed by atoms with van der Waals surface area (Å²) >= 11 is 0. The van der Waals surface area contributed by atoms with Crippen molar-refractivity contribution in [3.8, 4) is 0 Å². The Bertz CT molecular complexity index is 852. The molecule has 0 aliphatic rings. The van der Waals surface area contributed by atoms with Crippen LogP contribution in [0.3, 0.4) is 0 Å². The molecule has 138 valence electrons. The topological polar surface area (TPSA) is 80.2 Å². The van der Waals surface area contributed by atoms with Crippen molar-refractivity contribution in [1.29, 1.82) is 0 Å². The highest BCUT2D eigenvalue weighted by Gasteiger charge is 2.11. The Balaban J connectivity index is 2.03. The number of nitrogens with zero attached hydrogens (tertiary/aromatic N) is 1. The lowest BCUT2D eigenvalue weighted by molar-refractivity contribution is -0.121. The van der Waals surface area contributed by atoms with Crippen molar-refractivity contribution in [3.63, 3.8) is 0 Å². The number of benzene rings is 1. The van der Waals surface area contributed by atoms with Gasteiger partial charge in [0.2, 0.25) is 11.8 Å². The molecule has 2 aromatic rings. The summed E-state index contributed by atoms with van der Waals surface area (Å²) in [4.78, 5) is 35.8. The third-order valence-electron chi connectivity index (χ3n) is 4.14. The van der Waals surface area contributed by atoms with Crippen molar-refractivity contribution in [3.05, 3.63) is 63.6 Å². The average molecular weight is 355 g/mol. The maximum absolute atomic E-state index is 12.4. The Hall–Kier alpha value is -2.89. The normalized spacial score (nSPS) is 10.7. The van der Waals surface area contributed by atoms with Crippen LogP contribution in [0, 0.1) is 6.92 Å². The fraction of sp³-hybridized carbons (Fsp3) is 0.350. The molecule has 1 aromatic carbocycles. The van der Waals surface area contributed by atoms with Gasteiger partial charge in [-0.1, -0.05) is 38.1 Å². The number of amides is 2. The molecular weight excluding hydrogens is 330 g/mol. The summed E-state index contributed by atoms with van der Waals surface area (Å²) in [5.41, 5.74) is 2.67. The van der Waals surface area contributed by atoms with Crippen molar-refractivity contribution < 1.29 is 9.59 Å². The number of hydrogen-bond acceptors (Lipinski definition) is 3. The number of carbonyl (C=O) groups excluding carboxylic acids is 2. The Morgan fingerprint density at radius 2 is 1.73 bits per heavy atom. The standard InChI is InChI=1S/C20H25N3O3/c1-13(2)17-8-6-16(7-9-17)11-21-19(25)12-23-14(3)5-10-18(20(23)26)22-15(4)24/h5-10,13H,11-12H2,1-4H3,(H,21,25)(H,22,24). The van der Waals surface area contributed by atoms with Gasteiger partial charge in [-0.3, -0.25) is 14.4 Å². The SMILES string of the molecule is CC(=O)Nc1ccc(C)n(CC(=O)NCc2ccc(C(C)C)cc2)c1=O. The summed E-state index contributed by atoms with van der Waals surface area (Å²) in [6, 6.07) is 11.3. The Labute approximate surface area is 153 Å². The third-order valence-corrected chi connectivity index (χ3v) is 4.14. The molecule has 0 fully saturated rings. The number of nitrogens with one attached hydrogen (secondary N) is 2. The van der Waals surface area contributed by atoms with E-state index >= 15 is 0 Å². The molecule has 6 heteroatoms. The van der Waals surface area contributed by atoms with Crippen LogP contribution in [0.25, 0.3) is 0 Å². The van der Waals surface area contributed by atoms with Crippen molar-refractivity contribution in [2.75, 3.05) is 5.32 Å². The Morgan fingerprint density at radius 1 is 1.08 bits per heavy atom. The van der Waals surface area contributed by atoms with E-state index in [1.165, 1.54) is 17.1 Å². The van der Waals surface area contributed by atoms with Crippen molar-refractivity contribution in [1.82, 2.24) is 9.88 Å². The minimum atomic E-state index is -0.392. The highest BCUT2D eigenvalue weighted by atomic mass is 16.2. The first-order valence-electron chi connectivity index (χ1n) is 8.61. The molecule has 0 bridgehead atoms. The minimum absolute atomic E-state index is 0.0951. The van der Waals surface area contributed by atoms with Crippen LogP contribution >= 0.6 is 0 Å². The maximum Gasteiger partial charge on any atom is 0.274 e. The van der Waals surface area contributed by atoms with Gasteiger partial charge in [-0.25, -0.2) is 0 Å². The molecule has 1 heterocycles. The molecule has 0 spiro atoms. The fourth-order valence-electron chi connectivity index (χ4n) is 2.57. The van der Waals surface area contributed by atoms with E-state index in [0.717, 1.165) is 5.56 Å². The Morgan fingerprint density at radius 3 is 2.31 bits per heavy atom. The van der Waals surface area contributed by atoms with Crippen LogP contribution in [-0.4, -0.2) is 16.4 Å². The van der Waals surface area contributed by atoms with E-state index in [2.05, 4.69) is 36.6 Å². The van der Waals surface area contributed by atoms with Gasteiger partial charge < -0.3 is 15.2 Å². The lowest BCUT2D eigenvalue weighted by atomic mass is 10.0. The highest BCUT2D eigenvalue weighted by Crippen LogP contribution is 2.14. The van der Waals surface area contributed by atoms with E-state index in [4.69, 9.17) is 0 Å². The number of rotatable bonds is 6. The van der Waals surface area contributed by atoms with Crippen LogP contribution in [0.2, 0.25) is 0 Å². The van der Waals surface area contributed by atoms with Gasteiger partial charge in [-0.2, -0.15) is 0 Å². The summed E-state index contributed by atoms with van der Waals surface area (Å²) in [6.45, 7) is 7.65. The molecule has 0 radical (unpaired) electrons. The molecule has 0 saturated heterocycles. The number of anilines is 1. The molecule has 0 unspecified atom stereocenters. The highest BCUT2D eigenvalue weighted by molar-refractivity contribution is 5.88. The summed E-state index contributed by atoms with van der Waals surface area (Å²) in [5, 5.41) is 5.31. The van der Waals surface area contributed by atoms with Gasteiger partial charge in [-0.05, 0) is 36.1 Å². The lowest BCUT2D eigenvalue weighted by Gasteiger charge is -2.13. The largest absolute Gasteiger partial charge is 0.350 e. The predicted molar refractivity (Wildman–Crippen MR) is 102 cm³/mol. The van der Waals surface area contributed by atoms with Crippen molar-refractivity contribution in [2.45, 2.75) is 46.7 Å². The monoisotopic (exact) mass is 355 g/mol. The van der Waals surface area contributed by atoms with Crippen LogP contribution in [-0.2, 0) is 22.7 Å². The predicted octanol–water partition coefficient (Wildman–Crippen LogP) is 2.55. The molecule has 0 saturated carbocycles. The van der Waals surface area contributed by atoms with Gasteiger partial charge >= 0.3 is 0 Å². The second-order valence-electron chi connectivity index (χ2n) is 6.63. The van der Waals surface area contributed by atoms with E-state index in [9.17, 15) is 14.4 Å². The van der Waals surface area contributed by atoms with Crippen LogP contribution in [0.4, 0.5) is 5.69 Å². The zero-order valence-corrected chi connectivity index (χ0v) is 15.6. The quantitative estimate of drug-likeness (QED) is 0.836. The van der Waals surface area contributed by atoms with E-state index in [1.54, 1.807) is 19.1 Å².